The highest BCUT2D eigenvalue weighted by molar-refractivity contribution is 5.45. The van der Waals surface area contributed by atoms with E-state index in [4.69, 9.17) is 5.84 Å². The second kappa shape index (κ2) is 5.61. The van der Waals surface area contributed by atoms with Gasteiger partial charge in [-0.2, -0.15) is 5.10 Å². The Morgan fingerprint density at radius 2 is 2.10 bits per heavy atom. The molecule has 0 saturated carbocycles. The number of rotatable bonds is 5. The number of nitrogens with zero attached hydrogens (tertiary/aromatic N) is 5. The van der Waals surface area contributed by atoms with Crippen LogP contribution in [0.4, 0.5) is 11.5 Å². The second-order valence-corrected chi connectivity index (χ2v) is 4.04. The van der Waals surface area contributed by atoms with Crippen LogP contribution in [0.1, 0.15) is 25.2 Å². The number of aromatic nitrogens is 4. The van der Waals surface area contributed by atoms with Crippen molar-refractivity contribution < 1.29 is 4.92 Å². The van der Waals surface area contributed by atoms with Crippen molar-refractivity contribution in [2.45, 2.75) is 26.7 Å². The molecule has 0 atom stereocenters. The Bertz CT molecular complexity index is 620. The number of hydrogen-bond acceptors (Lipinski definition) is 7. The molecule has 0 saturated heterocycles. The van der Waals surface area contributed by atoms with Crippen LogP contribution in [0.25, 0.3) is 5.82 Å². The first-order chi connectivity index (χ1) is 9.62. The van der Waals surface area contributed by atoms with Crippen molar-refractivity contribution in [3.63, 3.8) is 0 Å². The number of nitrogens with one attached hydrogen (secondary N) is 1. The van der Waals surface area contributed by atoms with Gasteiger partial charge in [-0.1, -0.05) is 13.8 Å². The minimum Gasteiger partial charge on any atom is -0.307 e. The van der Waals surface area contributed by atoms with E-state index in [-0.39, 0.29) is 5.69 Å². The molecule has 0 unspecified atom stereocenters. The smallest absolute Gasteiger partial charge is 0.307 e. The molecule has 0 aliphatic rings. The Morgan fingerprint density at radius 3 is 2.55 bits per heavy atom. The molecule has 2 aromatic heterocycles. The number of nitro groups is 1. The van der Waals surface area contributed by atoms with Gasteiger partial charge in [0.05, 0.1) is 4.92 Å². The monoisotopic (exact) mass is 277 g/mol. The van der Waals surface area contributed by atoms with Crippen molar-refractivity contribution in [3.8, 4) is 5.82 Å². The molecular formula is C11H15N7O2. The Morgan fingerprint density at radius 1 is 1.35 bits per heavy atom. The molecule has 0 amide bonds. The molecule has 106 valence electrons. The number of aryl methyl sites for hydroxylation is 1. The average Bonchev–Trinajstić information content (AvgIpc) is 2.86. The van der Waals surface area contributed by atoms with E-state index < -0.39 is 4.92 Å². The summed E-state index contributed by atoms with van der Waals surface area (Å²) in [5.74, 6) is 6.05. The van der Waals surface area contributed by atoms with E-state index in [1.54, 1.807) is 12.1 Å². The number of hydrogen-bond donors (Lipinski definition) is 2. The zero-order chi connectivity index (χ0) is 14.7. The average molecular weight is 277 g/mol. The summed E-state index contributed by atoms with van der Waals surface area (Å²) in [4.78, 5) is 10.8. The van der Waals surface area contributed by atoms with Crippen molar-refractivity contribution in [2.24, 2.45) is 5.84 Å². The lowest BCUT2D eigenvalue weighted by atomic mass is 10.2. The first-order valence-corrected chi connectivity index (χ1v) is 6.18. The standard InChI is InChI=1S/C11H15N7O2/c1-3-7-11(18(19)20)8(4-2)17(16-7)10-6-5-9(13-12)14-15-10/h5-6H,3-4,12H2,1-2H3,(H,13,14). The zero-order valence-corrected chi connectivity index (χ0v) is 11.2. The van der Waals surface area contributed by atoms with Gasteiger partial charge in [0.1, 0.15) is 11.4 Å². The summed E-state index contributed by atoms with van der Waals surface area (Å²) in [5.41, 5.74) is 3.37. The third kappa shape index (κ3) is 2.30. The molecule has 0 aliphatic carbocycles. The van der Waals surface area contributed by atoms with Gasteiger partial charge in [0.15, 0.2) is 11.6 Å². The minimum absolute atomic E-state index is 0.0535. The van der Waals surface area contributed by atoms with Crippen molar-refractivity contribution in [1.82, 2.24) is 20.0 Å². The van der Waals surface area contributed by atoms with Gasteiger partial charge in [0.2, 0.25) is 0 Å². The van der Waals surface area contributed by atoms with Crippen LogP contribution in [-0.2, 0) is 12.8 Å². The maximum atomic E-state index is 11.2. The summed E-state index contributed by atoms with van der Waals surface area (Å²) in [7, 11) is 0. The number of hydrazine groups is 1. The highest BCUT2D eigenvalue weighted by Crippen LogP contribution is 2.26. The predicted molar refractivity (Wildman–Crippen MR) is 72.4 cm³/mol. The Labute approximate surface area is 114 Å². The first kappa shape index (κ1) is 13.9. The topological polar surface area (TPSA) is 125 Å². The fraction of sp³-hybridized carbons (Fsp3) is 0.364. The van der Waals surface area contributed by atoms with E-state index in [9.17, 15) is 10.1 Å². The first-order valence-electron chi connectivity index (χ1n) is 6.18. The van der Waals surface area contributed by atoms with E-state index in [0.29, 0.717) is 35.9 Å². The van der Waals surface area contributed by atoms with Crippen LogP contribution >= 0.6 is 0 Å². The summed E-state index contributed by atoms with van der Waals surface area (Å²) in [5, 5.41) is 23.3. The molecule has 0 fully saturated rings. The van der Waals surface area contributed by atoms with Crippen molar-refractivity contribution in [2.75, 3.05) is 5.43 Å². The molecule has 3 N–H and O–H groups in total. The zero-order valence-electron chi connectivity index (χ0n) is 11.2. The molecule has 2 rings (SSSR count). The van der Waals surface area contributed by atoms with Gasteiger partial charge >= 0.3 is 5.69 Å². The summed E-state index contributed by atoms with van der Waals surface area (Å²) in [6.45, 7) is 3.66. The van der Waals surface area contributed by atoms with Gasteiger partial charge in [-0.25, -0.2) is 10.5 Å². The minimum atomic E-state index is -0.398. The van der Waals surface area contributed by atoms with Gasteiger partial charge in [0.25, 0.3) is 0 Å². The van der Waals surface area contributed by atoms with Crippen LogP contribution in [0.3, 0.4) is 0 Å². The largest absolute Gasteiger partial charge is 0.313 e. The Hall–Kier alpha value is -2.55. The summed E-state index contributed by atoms with van der Waals surface area (Å²) in [6.07, 6.45) is 0.952. The molecule has 0 radical (unpaired) electrons. The quantitative estimate of drug-likeness (QED) is 0.474. The Balaban J connectivity index is 2.57. The predicted octanol–water partition coefficient (Wildman–Crippen LogP) is 0.981. The van der Waals surface area contributed by atoms with Gasteiger partial charge in [-0.05, 0) is 25.0 Å². The van der Waals surface area contributed by atoms with Crippen LogP contribution < -0.4 is 11.3 Å². The van der Waals surface area contributed by atoms with Crippen LogP contribution in [0.2, 0.25) is 0 Å². The maximum Gasteiger partial charge on any atom is 0.313 e. The molecule has 2 aromatic rings. The lowest BCUT2D eigenvalue weighted by Gasteiger charge is -2.04. The van der Waals surface area contributed by atoms with E-state index in [0.717, 1.165) is 0 Å². The highest BCUT2D eigenvalue weighted by Gasteiger charge is 2.26. The molecule has 0 bridgehead atoms. The molecular weight excluding hydrogens is 262 g/mol. The molecule has 0 spiro atoms. The van der Waals surface area contributed by atoms with E-state index in [1.807, 2.05) is 13.8 Å². The summed E-state index contributed by atoms with van der Waals surface area (Å²) in [6, 6.07) is 3.28. The number of nitrogens with two attached hydrogens (primary N) is 1. The second-order valence-electron chi connectivity index (χ2n) is 4.04. The normalized spacial score (nSPS) is 10.6. The third-order valence-electron chi connectivity index (χ3n) is 2.89. The van der Waals surface area contributed by atoms with Crippen LogP contribution in [0.5, 0.6) is 0 Å². The van der Waals surface area contributed by atoms with Crippen molar-refractivity contribution >= 4 is 11.5 Å². The molecule has 0 aliphatic heterocycles. The molecule has 2 heterocycles. The van der Waals surface area contributed by atoms with Crippen LogP contribution in [-0.4, -0.2) is 24.9 Å². The van der Waals surface area contributed by atoms with E-state index >= 15 is 0 Å². The third-order valence-corrected chi connectivity index (χ3v) is 2.89. The van der Waals surface area contributed by atoms with Crippen molar-refractivity contribution in [3.05, 3.63) is 33.6 Å². The molecule has 9 heteroatoms. The SMILES string of the molecule is CCc1nn(-c2ccc(NN)nn2)c(CC)c1[N+](=O)[O-]. The van der Waals surface area contributed by atoms with Gasteiger partial charge < -0.3 is 5.43 Å². The van der Waals surface area contributed by atoms with Gasteiger partial charge in [0, 0.05) is 0 Å². The molecule has 0 aromatic carbocycles. The van der Waals surface area contributed by atoms with Crippen molar-refractivity contribution in [1.29, 1.82) is 0 Å². The maximum absolute atomic E-state index is 11.2. The Kier molecular flexibility index (Phi) is 3.89. The summed E-state index contributed by atoms with van der Waals surface area (Å²) < 4.78 is 1.46. The van der Waals surface area contributed by atoms with E-state index in [1.165, 1.54) is 4.68 Å². The fourth-order valence-corrected chi connectivity index (χ4v) is 1.97. The highest BCUT2D eigenvalue weighted by atomic mass is 16.6. The van der Waals surface area contributed by atoms with E-state index in [2.05, 4.69) is 20.7 Å². The van der Waals surface area contributed by atoms with Gasteiger partial charge in [-0.3, -0.25) is 10.1 Å². The number of nitrogen functional groups attached to an aromatic ring is 1. The molecule has 20 heavy (non-hydrogen) atoms. The van der Waals surface area contributed by atoms with Crippen LogP contribution in [0, 0.1) is 10.1 Å². The fourth-order valence-electron chi connectivity index (χ4n) is 1.97. The van der Waals surface area contributed by atoms with Gasteiger partial charge in [-0.15, -0.1) is 10.2 Å². The molecule has 9 nitrogen and oxygen atoms in total. The lowest BCUT2D eigenvalue weighted by molar-refractivity contribution is -0.386. The lowest BCUT2D eigenvalue weighted by Crippen LogP contribution is -2.11. The van der Waals surface area contributed by atoms with Crippen LogP contribution in [0.15, 0.2) is 12.1 Å². The number of anilines is 1. The summed E-state index contributed by atoms with van der Waals surface area (Å²) >= 11 is 0.